The number of piperidine rings is 1. The first kappa shape index (κ1) is 26.4. The number of rotatable bonds is 6. The number of halogens is 2. The Morgan fingerprint density at radius 1 is 1.10 bits per heavy atom. The van der Waals surface area contributed by atoms with Gasteiger partial charge in [0.15, 0.2) is 0 Å². The van der Waals surface area contributed by atoms with Gasteiger partial charge in [0.05, 0.1) is 11.4 Å². The molecule has 1 amide bonds. The topological polar surface area (TPSA) is 110 Å². The van der Waals surface area contributed by atoms with E-state index >= 15 is 0 Å². The summed E-state index contributed by atoms with van der Waals surface area (Å²) in [7, 11) is 0. The summed E-state index contributed by atoms with van der Waals surface area (Å²) >= 11 is 0. The molecule has 4 aromatic rings. The van der Waals surface area contributed by atoms with Crippen molar-refractivity contribution in [1.29, 1.82) is 5.26 Å². The van der Waals surface area contributed by atoms with Gasteiger partial charge in [-0.3, -0.25) is 4.79 Å². The number of hydrogen-bond donors (Lipinski definition) is 1. The standard InChI is InChI=1S/C31H28F2N6O2/c1-18-27(20-6-8-25(9-7-20)41-26-13-22(32)12-23(33)14-26)28-29(35)36-17-37-30(28)39(18)24-3-2-10-38(16-24)31(40)21(15-34)11-19-4-5-19/h6-9,11-14,17,19,24H,2-5,10,16H2,1H3,(H2,35,36,37)/b21-11+/t24-/m0/s1. The van der Waals surface area contributed by atoms with Gasteiger partial charge in [0.2, 0.25) is 0 Å². The summed E-state index contributed by atoms with van der Waals surface area (Å²) in [6, 6.07) is 12.2. The number of amides is 1. The SMILES string of the molecule is Cc1c(-c2ccc(Oc3cc(F)cc(F)c3)cc2)c2c(N)ncnc2n1[C@H]1CCCN(C(=O)/C(C#N)=C/C2CC2)C1. The van der Waals surface area contributed by atoms with E-state index in [9.17, 15) is 18.8 Å². The molecule has 208 valence electrons. The summed E-state index contributed by atoms with van der Waals surface area (Å²) in [4.78, 5) is 23.8. The average molecular weight is 555 g/mol. The lowest BCUT2D eigenvalue weighted by atomic mass is 10.0. The van der Waals surface area contributed by atoms with E-state index in [1.807, 2.05) is 25.1 Å². The van der Waals surface area contributed by atoms with Crippen molar-refractivity contribution in [3.05, 3.63) is 77.8 Å². The number of benzene rings is 2. The molecule has 2 aromatic heterocycles. The van der Waals surface area contributed by atoms with E-state index in [1.165, 1.54) is 6.33 Å². The Hall–Kier alpha value is -4.78. The zero-order chi connectivity index (χ0) is 28.7. The number of aromatic nitrogens is 3. The van der Waals surface area contributed by atoms with E-state index in [-0.39, 0.29) is 23.3 Å². The quantitative estimate of drug-likeness (QED) is 0.228. The average Bonchev–Trinajstić information content (AvgIpc) is 3.72. The molecular weight excluding hydrogens is 526 g/mol. The number of ether oxygens (including phenoxy) is 1. The molecule has 0 spiro atoms. The maximum atomic E-state index is 13.6. The second kappa shape index (κ2) is 10.7. The number of likely N-dealkylation sites (tertiary alicyclic amines) is 1. The van der Waals surface area contributed by atoms with Crippen molar-refractivity contribution in [3.8, 4) is 28.7 Å². The molecule has 3 heterocycles. The van der Waals surface area contributed by atoms with Crippen molar-refractivity contribution < 1.29 is 18.3 Å². The van der Waals surface area contributed by atoms with Crippen molar-refractivity contribution in [2.75, 3.05) is 18.8 Å². The molecule has 41 heavy (non-hydrogen) atoms. The number of anilines is 1. The number of nitrogens with two attached hydrogens (primary N) is 1. The minimum absolute atomic E-state index is 0.0589. The van der Waals surface area contributed by atoms with Crippen molar-refractivity contribution in [2.45, 2.75) is 38.6 Å². The number of fused-ring (bicyclic) bond motifs is 1. The van der Waals surface area contributed by atoms with Gasteiger partial charge in [-0.15, -0.1) is 0 Å². The van der Waals surface area contributed by atoms with Crippen molar-refractivity contribution in [2.24, 2.45) is 5.92 Å². The molecule has 0 unspecified atom stereocenters. The van der Waals surface area contributed by atoms with E-state index in [0.717, 1.165) is 60.7 Å². The van der Waals surface area contributed by atoms with Crippen LogP contribution in [-0.4, -0.2) is 38.4 Å². The minimum atomic E-state index is -0.721. The van der Waals surface area contributed by atoms with Gasteiger partial charge < -0.3 is 19.9 Å². The van der Waals surface area contributed by atoms with Crippen LogP contribution in [0.15, 0.2) is 60.4 Å². The highest BCUT2D eigenvalue weighted by Gasteiger charge is 2.31. The number of nitrogen functional groups attached to an aromatic ring is 1. The Morgan fingerprint density at radius 2 is 1.83 bits per heavy atom. The van der Waals surface area contributed by atoms with Gasteiger partial charge in [-0.2, -0.15) is 5.26 Å². The van der Waals surface area contributed by atoms with Crippen LogP contribution in [-0.2, 0) is 4.79 Å². The third-order valence-electron chi connectivity index (χ3n) is 7.70. The van der Waals surface area contributed by atoms with E-state index in [0.29, 0.717) is 41.6 Å². The lowest BCUT2D eigenvalue weighted by Gasteiger charge is -2.34. The fourth-order valence-corrected chi connectivity index (χ4v) is 5.66. The number of nitrogens with zero attached hydrogens (tertiary/aromatic N) is 5. The fourth-order valence-electron chi connectivity index (χ4n) is 5.66. The summed E-state index contributed by atoms with van der Waals surface area (Å²) in [6.07, 6.45) is 6.92. The Morgan fingerprint density at radius 3 is 2.51 bits per heavy atom. The second-order valence-corrected chi connectivity index (χ2v) is 10.6. The molecule has 2 aromatic carbocycles. The first-order chi connectivity index (χ1) is 19.8. The summed E-state index contributed by atoms with van der Waals surface area (Å²) in [5, 5.41) is 10.3. The highest BCUT2D eigenvalue weighted by molar-refractivity contribution is 6.02. The van der Waals surface area contributed by atoms with Crippen LogP contribution in [0.1, 0.15) is 37.4 Å². The molecule has 2 N–H and O–H groups in total. The van der Waals surface area contributed by atoms with E-state index in [1.54, 1.807) is 17.0 Å². The smallest absolute Gasteiger partial charge is 0.264 e. The molecule has 1 aliphatic carbocycles. The van der Waals surface area contributed by atoms with Crippen LogP contribution in [0.5, 0.6) is 11.5 Å². The lowest BCUT2D eigenvalue weighted by Crippen LogP contribution is -2.41. The molecule has 1 aliphatic heterocycles. The normalized spacial score (nSPS) is 17.5. The number of carbonyl (C=O) groups excluding carboxylic acids is 1. The number of nitriles is 1. The van der Waals surface area contributed by atoms with Crippen LogP contribution in [0.3, 0.4) is 0 Å². The summed E-state index contributed by atoms with van der Waals surface area (Å²) in [5.41, 5.74) is 9.90. The minimum Gasteiger partial charge on any atom is -0.457 e. The van der Waals surface area contributed by atoms with Crippen LogP contribution in [0, 0.1) is 35.8 Å². The van der Waals surface area contributed by atoms with Crippen molar-refractivity contribution in [1.82, 2.24) is 19.4 Å². The third-order valence-corrected chi connectivity index (χ3v) is 7.70. The van der Waals surface area contributed by atoms with Gasteiger partial charge in [0.1, 0.15) is 52.6 Å². The molecule has 0 radical (unpaired) electrons. The largest absolute Gasteiger partial charge is 0.457 e. The van der Waals surface area contributed by atoms with Crippen LogP contribution in [0.2, 0.25) is 0 Å². The predicted octanol–water partition coefficient (Wildman–Crippen LogP) is 6.08. The monoisotopic (exact) mass is 554 g/mol. The van der Waals surface area contributed by atoms with Crippen molar-refractivity contribution >= 4 is 22.8 Å². The zero-order valence-corrected chi connectivity index (χ0v) is 22.5. The molecule has 1 saturated carbocycles. The molecule has 2 aliphatic rings. The highest BCUT2D eigenvalue weighted by Crippen LogP contribution is 2.40. The Kier molecular flexibility index (Phi) is 6.87. The van der Waals surface area contributed by atoms with Gasteiger partial charge >= 0.3 is 0 Å². The third kappa shape index (κ3) is 5.23. The molecule has 0 bridgehead atoms. The zero-order valence-electron chi connectivity index (χ0n) is 22.5. The van der Waals surface area contributed by atoms with Crippen LogP contribution in [0.4, 0.5) is 14.6 Å². The highest BCUT2D eigenvalue weighted by atomic mass is 19.1. The molecule has 10 heteroatoms. The summed E-state index contributed by atoms with van der Waals surface area (Å²) in [5.74, 6) is -0.518. The molecule has 1 atom stereocenters. The number of allylic oxidation sites excluding steroid dienone is 1. The van der Waals surface area contributed by atoms with Gasteiger partial charge in [-0.05, 0) is 56.2 Å². The first-order valence-electron chi connectivity index (χ1n) is 13.6. The second-order valence-electron chi connectivity index (χ2n) is 10.6. The molecule has 2 fully saturated rings. The maximum Gasteiger partial charge on any atom is 0.264 e. The maximum absolute atomic E-state index is 13.6. The van der Waals surface area contributed by atoms with E-state index < -0.39 is 11.6 Å². The van der Waals surface area contributed by atoms with Crippen LogP contribution in [0.25, 0.3) is 22.2 Å². The molecule has 6 rings (SSSR count). The van der Waals surface area contributed by atoms with Gasteiger partial charge in [0, 0.05) is 42.5 Å². The summed E-state index contributed by atoms with van der Waals surface area (Å²) in [6.45, 7) is 3.04. The number of carbonyl (C=O) groups is 1. The van der Waals surface area contributed by atoms with E-state index in [2.05, 4.69) is 20.6 Å². The van der Waals surface area contributed by atoms with Crippen molar-refractivity contribution in [3.63, 3.8) is 0 Å². The Bertz CT molecular complexity index is 1700. The molecule has 1 saturated heterocycles. The summed E-state index contributed by atoms with van der Waals surface area (Å²) < 4.78 is 35.0. The fraction of sp³-hybridized carbons (Fsp3) is 0.290. The van der Waals surface area contributed by atoms with E-state index in [4.69, 9.17) is 10.5 Å². The van der Waals surface area contributed by atoms with Gasteiger partial charge in [0.25, 0.3) is 5.91 Å². The Labute approximate surface area is 235 Å². The van der Waals surface area contributed by atoms with Gasteiger partial charge in [-0.25, -0.2) is 18.7 Å². The molecular formula is C31H28F2N6O2. The van der Waals surface area contributed by atoms with Crippen LogP contribution >= 0.6 is 0 Å². The first-order valence-corrected chi connectivity index (χ1v) is 13.6. The predicted molar refractivity (Wildman–Crippen MR) is 150 cm³/mol. The van der Waals surface area contributed by atoms with Crippen LogP contribution < -0.4 is 10.5 Å². The Balaban J connectivity index is 1.33. The van der Waals surface area contributed by atoms with Gasteiger partial charge in [-0.1, -0.05) is 18.2 Å². The lowest BCUT2D eigenvalue weighted by molar-refractivity contribution is -0.128. The number of hydrogen-bond acceptors (Lipinski definition) is 6. The molecule has 8 nitrogen and oxygen atoms in total.